The summed E-state index contributed by atoms with van der Waals surface area (Å²) in [5.74, 6) is 0.772. The minimum Gasteiger partial charge on any atom is -0.507 e. The van der Waals surface area contributed by atoms with Crippen molar-refractivity contribution < 1.29 is 5.11 Å². The van der Waals surface area contributed by atoms with E-state index in [2.05, 4.69) is 21.5 Å². The standard InChI is InChI=1S/C17H16ClN3O/c1-2-9-21-15-6-4-3-5-14(15)20-17(21)19-11-12-10-13(18)7-8-16(12)22/h3-8,10-11,22H,2,9H2,1H3/b19-11+. The summed E-state index contributed by atoms with van der Waals surface area (Å²) in [6, 6.07) is 12.8. The van der Waals surface area contributed by atoms with E-state index in [1.54, 1.807) is 24.4 Å². The lowest BCUT2D eigenvalue weighted by Crippen LogP contribution is -1.96. The lowest BCUT2D eigenvalue weighted by molar-refractivity contribution is 0.474. The minimum absolute atomic E-state index is 0.145. The first-order valence-electron chi connectivity index (χ1n) is 7.17. The normalized spacial score (nSPS) is 11.5. The summed E-state index contributed by atoms with van der Waals surface area (Å²) in [6.45, 7) is 2.96. The molecule has 0 unspecified atom stereocenters. The van der Waals surface area contributed by atoms with Crippen molar-refractivity contribution in [1.29, 1.82) is 0 Å². The van der Waals surface area contributed by atoms with E-state index in [4.69, 9.17) is 11.6 Å². The lowest BCUT2D eigenvalue weighted by atomic mass is 10.2. The first-order valence-corrected chi connectivity index (χ1v) is 7.54. The van der Waals surface area contributed by atoms with Crippen LogP contribution in [0.15, 0.2) is 47.5 Å². The van der Waals surface area contributed by atoms with Gasteiger partial charge in [-0.2, -0.15) is 0 Å². The molecule has 0 aliphatic heterocycles. The van der Waals surface area contributed by atoms with Crippen LogP contribution in [0, 0.1) is 0 Å². The van der Waals surface area contributed by atoms with Crippen molar-refractivity contribution >= 4 is 34.8 Å². The molecular weight excluding hydrogens is 298 g/mol. The van der Waals surface area contributed by atoms with E-state index >= 15 is 0 Å². The number of aryl methyl sites for hydroxylation is 1. The maximum absolute atomic E-state index is 9.85. The van der Waals surface area contributed by atoms with Crippen molar-refractivity contribution in [3.63, 3.8) is 0 Å². The predicted molar refractivity (Wildman–Crippen MR) is 90.4 cm³/mol. The molecule has 4 nitrogen and oxygen atoms in total. The van der Waals surface area contributed by atoms with Crippen molar-refractivity contribution in [2.24, 2.45) is 4.99 Å². The molecule has 0 amide bonds. The van der Waals surface area contributed by atoms with E-state index in [0.717, 1.165) is 24.0 Å². The highest BCUT2D eigenvalue weighted by Crippen LogP contribution is 2.24. The van der Waals surface area contributed by atoms with Gasteiger partial charge in [-0.15, -0.1) is 0 Å². The largest absolute Gasteiger partial charge is 0.507 e. The number of aliphatic imine (C=N–C) groups is 1. The molecule has 0 fully saturated rings. The average Bonchev–Trinajstić information content (AvgIpc) is 2.87. The van der Waals surface area contributed by atoms with Gasteiger partial charge in [-0.3, -0.25) is 0 Å². The third-order valence-corrected chi connectivity index (χ3v) is 3.63. The molecule has 1 N–H and O–H groups in total. The fourth-order valence-electron chi connectivity index (χ4n) is 2.36. The van der Waals surface area contributed by atoms with Crippen molar-refractivity contribution in [3.8, 4) is 5.75 Å². The zero-order valence-electron chi connectivity index (χ0n) is 12.2. The van der Waals surface area contributed by atoms with Crippen LogP contribution in [0.25, 0.3) is 11.0 Å². The van der Waals surface area contributed by atoms with Gasteiger partial charge in [-0.1, -0.05) is 30.7 Å². The zero-order chi connectivity index (χ0) is 15.5. The first kappa shape index (κ1) is 14.6. The number of aromatic nitrogens is 2. The molecule has 1 heterocycles. The molecule has 22 heavy (non-hydrogen) atoms. The Kier molecular flexibility index (Phi) is 4.11. The van der Waals surface area contributed by atoms with Crippen LogP contribution in [-0.2, 0) is 6.54 Å². The Balaban J connectivity index is 2.04. The van der Waals surface area contributed by atoms with E-state index in [-0.39, 0.29) is 5.75 Å². The molecule has 0 saturated carbocycles. The topological polar surface area (TPSA) is 50.4 Å². The van der Waals surface area contributed by atoms with Crippen LogP contribution in [0.1, 0.15) is 18.9 Å². The maximum Gasteiger partial charge on any atom is 0.230 e. The number of benzene rings is 2. The van der Waals surface area contributed by atoms with Crippen molar-refractivity contribution in [1.82, 2.24) is 9.55 Å². The average molecular weight is 314 g/mol. The van der Waals surface area contributed by atoms with Gasteiger partial charge >= 0.3 is 0 Å². The Morgan fingerprint density at radius 1 is 1.27 bits per heavy atom. The van der Waals surface area contributed by atoms with Gasteiger partial charge in [0.05, 0.1) is 11.0 Å². The minimum atomic E-state index is 0.145. The second kappa shape index (κ2) is 6.20. The van der Waals surface area contributed by atoms with Crippen LogP contribution in [0.2, 0.25) is 5.02 Å². The molecule has 0 aliphatic rings. The Morgan fingerprint density at radius 3 is 2.91 bits per heavy atom. The number of phenols is 1. The molecule has 5 heteroatoms. The van der Waals surface area contributed by atoms with Crippen LogP contribution in [0.4, 0.5) is 5.95 Å². The predicted octanol–water partition coefficient (Wildman–Crippen LogP) is 4.56. The smallest absolute Gasteiger partial charge is 0.230 e. The summed E-state index contributed by atoms with van der Waals surface area (Å²) < 4.78 is 2.08. The number of phenolic OH excluding ortho intramolecular Hbond substituents is 1. The van der Waals surface area contributed by atoms with E-state index in [1.165, 1.54) is 0 Å². The summed E-state index contributed by atoms with van der Waals surface area (Å²) in [5.41, 5.74) is 2.55. The Hall–Kier alpha value is -2.33. The van der Waals surface area contributed by atoms with Crippen molar-refractivity contribution in [3.05, 3.63) is 53.1 Å². The summed E-state index contributed by atoms with van der Waals surface area (Å²) in [7, 11) is 0. The van der Waals surface area contributed by atoms with Gasteiger partial charge in [0.15, 0.2) is 0 Å². The van der Waals surface area contributed by atoms with Crippen LogP contribution >= 0.6 is 11.6 Å². The highest BCUT2D eigenvalue weighted by atomic mass is 35.5. The highest BCUT2D eigenvalue weighted by molar-refractivity contribution is 6.30. The Labute approximate surface area is 133 Å². The molecule has 3 rings (SSSR count). The van der Waals surface area contributed by atoms with Gasteiger partial charge in [0.2, 0.25) is 5.95 Å². The number of hydrogen-bond donors (Lipinski definition) is 1. The highest BCUT2D eigenvalue weighted by Gasteiger charge is 2.08. The first-order chi connectivity index (χ1) is 10.7. The number of imidazole rings is 1. The molecule has 2 aromatic carbocycles. The summed E-state index contributed by atoms with van der Waals surface area (Å²) in [6.07, 6.45) is 2.58. The fourth-order valence-corrected chi connectivity index (χ4v) is 2.54. The quantitative estimate of drug-likeness (QED) is 0.718. The summed E-state index contributed by atoms with van der Waals surface area (Å²) >= 11 is 5.95. The third kappa shape index (κ3) is 2.83. The molecular formula is C17H16ClN3O. The Morgan fingerprint density at radius 2 is 2.09 bits per heavy atom. The van der Waals surface area contributed by atoms with E-state index in [0.29, 0.717) is 16.5 Å². The van der Waals surface area contributed by atoms with Crippen LogP contribution in [0.3, 0.4) is 0 Å². The number of fused-ring (bicyclic) bond motifs is 1. The molecule has 112 valence electrons. The van der Waals surface area contributed by atoms with Gasteiger partial charge in [0.1, 0.15) is 5.75 Å². The molecule has 0 aliphatic carbocycles. The number of rotatable bonds is 4. The van der Waals surface area contributed by atoms with E-state index in [9.17, 15) is 5.11 Å². The molecule has 0 atom stereocenters. The van der Waals surface area contributed by atoms with Gasteiger partial charge < -0.3 is 9.67 Å². The molecule has 3 aromatic rings. The second-order valence-corrected chi connectivity index (χ2v) is 5.45. The van der Waals surface area contributed by atoms with E-state index < -0.39 is 0 Å². The maximum atomic E-state index is 9.85. The SMILES string of the molecule is CCCn1c(/N=C/c2cc(Cl)ccc2O)nc2ccccc21. The molecule has 0 bridgehead atoms. The molecule has 1 aromatic heterocycles. The van der Waals surface area contributed by atoms with Gasteiger partial charge in [-0.25, -0.2) is 9.98 Å². The molecule has 0 spiro atoms. The van der Waals surface area contributed by atoms with Gasteiger partial charge in [0.25, 0.3) is 0 Å². The number of halogens is 1. The molecule has 0 saturated heterocycles. The monoisotopic (exact) mass is 313 g/mol. The lowest BCUT2D eigenvalue weighted by Gasteiger charge is -2.04. The summed E-state index contributed by atoms with van der Waals surface area (Å²) in [5, 5.41) is 10.4. The number of nitrogens with zero attached hydrogens (tertiary/aromatic N) is 3. The second-order valence-electron chi connectivity index (χ2n) is 5.01. The van der Waals surface area contributed by atoms with Crippen molar-refractivity contribution in [2.75, 3.05) is 0 Å². The van der Waals surface area contributed by atoms with Crippen LogP contribution < -0.4 is 0 Å². The zero-order valence-corrected chi connectivity index (χ0v) is 13.0. The van der Waals surface area contributed by atoms with Gasteiger partial charge in [0, 0.05) is 23.3 Å². The third-order valence-electron chi connectivity index (χ3n) is 3.39. The number of aromatic hydroxyl groups is 1. The number of hydrogen-bond acceptors (Lipinski definition) is 3. The van der Waals surface area contributed by atoms with Gasteiger partial charge in [-0.05, 0) is 36.8 Å². The van der Waals surface area contributed by atoms with E-state index in [1.807, 2.05) is 24.3 Å². The molecule has 0 radical (unpaired) electrons. The summed E-state index contributed by atoms with van der Waals surface area (Å²) in [4.78, 5) is 8.99. The van der Waals surface area contributed by atoms with Crippen molar-refractivity contribution in [2.45, 2.75) is 19.9 Å². The Bertz CT molecular complexity index is 839. The fraction of sp³-hybridized carbons (Fsp3) is 0.176. The van der Waals surface area contributed by atoms with Crippen LogP contribution in [0.5, 0.6) is 5.75 Å². The number of para-hydroxylation sites is 2. The van der Waals surface area contributed by atoms with Crippen LogP contribution in [-0.4, -0.2) is 20.9 Å².